The first-order chi connectivity index (χ1) is 9.13. The monoisotopic (exact) mass is 281 g/mol. The Bertz CT molecular complexity index is 409. The van der Waals surface area contributed by atoms with E-state index < -0.39 is 10.8 Å². The second-order valence-corrected chi connectivity index (χ2v) is 7.01. The fourth-order valence-electron chi connectivity index (χ4n) is 2.27. The van der Waals surface area contributed by atoms with Gasteiger partial charge >= 0.3 is 0 Å². The summed E-state index contributed by atoms with van der Waals surface area (Å²) in [6.07, 6.45) is 2.03. The summed E-state index contributed by atoms with van der Waals surface area (Å²) in [4.78, 5) is 0. The molecule has 0 aromatic heterocycles. The molecule has 1 heterocycles. The highest BCUT2D eigenvalue weighted by atomic mass is 32.2. The normalized spacial score (nSPS) is 24.9. The van der Waals surface area contributed by atoms with Crippen LogP contribution < -0.4 is 10.1 Å². The largest absolute Gasteiger partial charge is 0.492 e. The summed E-state index contributed by atoms with van der Waals surface area (Å²) >= 11 is 0. The van der Waals surface area contributed by atoms with Gasteiger partial charge in [0, 0.05) is 34.4 Å². The number of hydrogen-bond acceptors (Lipinski definition) is 3. The van der Waals surface area contributed by atoms with Gasteiger partial charge in [0.15, 0.2) is 0 Å². The van der Waals surface area contributed by atoms with E-state index in [0.29, 0.717) is 18.7 Å². The van der Waals surface area contributed by atoms with Crippen LogP contribution in [0.2, 0.25) is 0 Å². The maximum Gasteiger partial charge on any atom is 0.119 e. The van der Waals surface area contributed by atoms with Crippen LogP contribution in [0, 0.1) is 6.92 Å². The summed E-state index contributed by atoms with van der Waals surface area (Å²) in [5.74, 6) is 2.59. The summed E-state index contributed by atoms with van der Waals surface area (Å²) in [5, 5.41) is 3.56. The van der Waals surface area contributed by atoms with E-state index in [1.165, 1.54) is 5.56 Å². The molecule has 0 radical (unpaired) electrons. The van der Waals surface area contributed by atoms with Gasteiger partial charge in [-0.25, -0.2) is 0 Å². The third-order valence-electron chi connectivity index (χ3n) is 3.43. The Balaban J connectivity index is 1.71. The van der Waals surface area contributed by atoms with Crippen LogP contribution in [-0.4, -0.2) is 34.4 Å². The molecule has 106 valence electrons. The van der Waals surface area contributed by atoms with Crippen molar-refractivity contribution in [3.8, 4) is 5.75 Å². The molecule has 0 aliphatic carbocycles. The molecular formula is C15H23NO2S. The number of rotatable bonds is 5. The van der Waals surface area contributed by atoms with E-state index in [4.69, 9.17) is 4.74 Å². The van der Waals surface area contributed by atoms with Gasteiger partial charge in [-0.05, 0) is 38.8 Å². The molecule has 1 saturated heterocycles. The van der Waals surface area contributed by atoms with E-state index in [9.17, 15) is 4.21 Å². The molecule has 1 aliphatic rings. The first-order valence-corrected chi connectivity index (χ1v) is 8.43. The molecule has 0 spiro atoms. The van der Waals surface area contributed by atoms with Crippen molar-refractivity contribution in [3.05, 3.63) is 29.8 Å². The first kappa shape index (κ1) is 14.5. The molecule has 1 aliphatic heterocycles. The molecular weight excluding hydrogens is 258 g/mol. The Morgan fingerprint density at radius 2 is 1.95 bits per heavy atom. The van der Waals surface area contributed by atoms with Crippen molar-refractivity contribution >= 4 is 10.8 Å². The van der Waals surface area contributed by atoms with Crippen molar-refractivity contribution in [3.63, 3.8) is 0 Å². The van der Waals surface area contributed by atoms with E-state index in [2.05, 4.69) is 31.3 Å². The highest BCUT2D eigenvalue weighted by molar-refractivity contribution is 7.85. The second kappa shape index (κ2) is 7.06. The second-order valence-electron chi connectivity index (χ2n) is 5.31. The minimum atomic E-state index is -0.583. The molecule has 2 rings (SSSR count). The number of hydrogen-bond donors (Lipinski definition) is 1. The Kier molecular flexibility index (Phi) is 5.40. The average Bonchev–Trinajstić information content (AvgIpc) is 2.41. The molecule has 0 amide bonds. The average molecular weight is 281 g/mol. The van der Waals surface area contributed by atoms with E-state index in [0.717, 1.165) is 30.1 Å². The van der Waals surface area contributed by atoms with Gasteiger partial charge in [0.2, 0.25) is 0 Å². The van der Waals surface area contributed by atoms with Gasteiger partial charge in [0.05, 0.1) is 0 Å². The van der Waals surface area contributed by atoms with Crippen LogP contribution in [0.1, 0.15) is 25.3 Å². The molecule has 1 fully saturated rings. The van der Waals surface area contributed by atoms with Gasteiger partial charge in [-0.1, -0.05) is 17.7 Å². The van der Waals surface area contributed by atoms with Crippen molar-refractivity contribution in [2.75, 3.05) is 18.1 Å². The van der Waals surface area contributed by atoms with Crippen LogP contribution in [0.25, 0.3) is 0 Å². The molecule has 0 bridgehead atoms. The third kappa shape index (κ3) is 4.96. The Hall–Kier alpha value is -0.870. The maximum absolute atomic E-state index is 11.3. The van der Waals surface area contributed by atoms with E-state index in [1.54, 1.807) is 0 Å². The fraction of sp³-hybridized carbons (Fsp3) is 0.600. The summed E-state index contributed by atoms with van der Waals surface area (Å²) in [5.41, 5.74) is 1.24. The molecule has 1 aromatic rings. The van der Waals surface area contributed by atoms with Gasteiger partial charge in [0.25, 0.3) is 0 Å². The number of aryl methyl sites for hydroxylation is 1. The van der Waals surface area contributed by atoms with Crippen molar-refractivity contribution in [2.24, 2.45) is 0 Å². The molecule has 1 aromatic carbocycles. The zero-order chi connectivity index (χ0) is 13.7. The predicted octanol–water partition coefficient (Wildman–Crippen LogP) is 2.26. The zero-order valence-corrected chi connectivity index (χ0v) is 12.5. The number of nitrogens with one attached hydrogen (secondary N) is 1. The molecule has 1 atom stereocenters. The third-order valence-corrected chi connectivity index (χ3v) is 4.81. The Morgan fingerprint density at radius 3 is 2.58 bits per heavy atom. The molecule has 1 unspecified atom stereocenters. The Labute approximate surface area is 118 Å². The van der Waals surface area contributed by atoms with Crippen LogP contribution >= 0.6 is 0 Å². The molecule has 0 saturated carbocycles. The first-order valence-electron chi connectivity index (χ1n) is 6.94. The van der Waals surface area contributed by atoms with Crippen LogP contribution in [0.15, 0.2) is 24.3 Å². The van der Waals surface area contributed by atoms with Gasteiger partial charge in [-0.15, -0.1) is 0 Å². The fourth-order valence-corrected chi connectivity index (χ4v) is 3.57. The molecule has 1 N–H and O–H groups in total. The molecule has 3 nitrogen and oxygen atoms in total. The zero-order valence-electron chi connectivity index (χ0n) is 11.7. The minimum Gasteiger partial charge on any atom is -0.492 e. The summed E-state index contributed by atoms with van der Waals surface area (Å²) in [6, 6.07) is 8.94. The summed E-state index contributed by atoms with van der Waals surface area (Å²) in [7, 11) is -0.583. The van der Waals surface area contributed by atoms with Crippen LogP contribution in [0.5, 0.6) is 5.75 Å². The summed E-state index contributed by atoms with van der Waals surface area (Å²) < 4.78 is 17.1. The quantitative estimate of drug-likeness (QED) is 0.900. The predicted molar refractivity (Wildman–Crippen MR) is 80.2 cm³/mol. The highest BCUT2D eigenvalue weighted by Gasteiger charge is 2.19. The van der Waals surface area contributed by atoms with Crippen molar-refractivity contribution in [1.29, 1.82) is 0 Å². The van der Waals surface area contributed by atoms with E-state index in [-0.39, 0.29) is 0 Å². The lowest BCUT2D eigenvalue weighted by molar-refractivity contribution is 0.257. The van der Waals surface area contributed by atoms with Crippen LogP contribution in [0.3, 0.4) is 0 Å². The smallest absolute Gasteiger partial charge is 0.119 e. The lowest BCUT2D eigenvalue weighted by Gasteiger charge is -2.26. The Morgan fingerprint density at radius 1 is 1.32 bits per heavy atom. The van der Waals surface area contributed by atoms with Gasteiger partial charge < -0.3 is 10.1 Å². The minimum absolute atomic E-state index is 0.317. The number of ether oxygens (including phenoxy) is 1. The SMILES string of the molecule is Cc1ccc(OCC(C)NC2CCS(=O)CC2)cc1. The van der Waals surface area contributed by atoms with Crippen molar-refractivity contribution < 1.29 is 8.95 Å². The number of benzene rings is 1. The van der Waals surface area contributed by atoms with Crippen LogP contribution in [-0.2, 0) is 10.8 Å². The van der Waals surface area contributed by atoms with Gasteiger partial charge in [0.1, 0.15) is 12.4 Å². The maximum atomic E-state index is 11.3. The van der Waals surface area contributed by atoms with E-state index in [1.807, 2.05) is 12.1 Å². The van der Waals surface area contributed by atoms with Crippen molar-refractivity contribution in [2.45, 2.75) is 38.8 Å². The lowest BCUT2D eigenvalue weighted by atomic mass is 10.1. The van der Waals surface area contributed by atoms with Gasteiger partial charge in [-0.3, -0.25) is 4.21 Å². The molecule has 4 heteroatoms. The lowest BCUT2D eigenvalue weighted by Crippen LogP contribution is -2.43. The highest BCUT2D eigenvalue weighted by Crippen LogP contribution is 2.13. The topological polar surface area (TPSA) is 38.3 Å². The molecule has 19 heavy (non-hydrogen) atoms. The van der Waals surface area contributed by atoms with E-state index >= 15 is 0 Å². The summed E-state index contributed by atoms with van der Waals surface area (Å²) in [6.45, 7) is 4.88. The standard InChI is InChI=1S/C15H23NO2S/c1-12-3-5-15(6-4-12)18-11-13(2)16-14-7-9-19(17)10-8-14/h3-6,13-14,16H,7-11H2,1-2H3. The van der Waals surface area contributed by atoms with Crippen LogP contribution in [0.4, 0.5) is 0 Å². The van der Waals surface area contributed by atoms with Gasteiger partial charge in [-0.2, -0.15) is 0 Å². The van der Waals surface area contributed by atoms with Crippen molar-refractivity contribution in [1.82, 2.24) is 5.32 Å².